The number of fused-ring (bicyclic) bond motifs is 1. The smallest absolute Gasteiger partial charge is 0.328 e. The molecular weight excluding hydrogens is 310 g/mol. The summed E-state index contributed by atoms with van der Waals surface area (Å²) >= 11 is 0. The molecule has 24 heavy (non-hydrogen) atoms. The minimum absolute atomic E-state index is 0.0427. The van der Waals surface area contributed by atoms with Gasteiger partial charge in [-0.1, -0.05) is 34.6 Å². The SMILES string of the molecule is CNC(=O)N[C@H](C(=O)N1C[C@H]2[C@@H]([C@H]1C(=O)OC)C2(C)C)C(C)(C)C. The lowest BCUT2D eigenvalue weighted by Gasteiger charge is -2.37. The second-order valence-electron chi connectivity index (χ2n) is 8.43. The van der Waals surface area contributed by atoms with Crippen molar-refractivity contribution >= 4 is 17.9 Å². The summed E-state index contributed by atoms with van der Waals surface area (Å²) in [6, 6.07) is -1.70. The van der Waals surface area contributed by atoms with Crippen LogP contribution in [0.1, 0.15) is 34.6 Å². The van der Waals surface area contributed by atoms with E-state index in [1.807, 2.05) is 20.8 Å². The van der Waals surface area contributed by atoms with E-state index in [1.165, 1.54) is 14.2 Å². The first-order chi connectivity index (χ1) is 11.0. The van der Waals surface area contributed by atoms with Crippen molar-refractivity contribution in [1.82, 2.24) is 15.5 Å². The van der Waals surface area contributed by atoms with Crippen molar-refractivity contribution in [2.45, 2.75) is 46.7 Å². The third-order valence-corrected chi connectivity index (χ3v) is 5.55. The van der Waals surface area contributed by atoms with Gasteiger partial charge in [-0.2, -0.15) is 0 Å². The Hall–Kier alpha value is -1.79. The average molecular weight is 339 g/mol. The quantitative estimate of drug-likeness (QED) is 0.751. The van der Waals surface area contributed by atoms with Crippen LogP contribution in [0.2, 0.25) is 0 Å². The second-order valence-corrected chi connectivity index (χ2v) is 8.43. The van der Waals surface area contributed by atoms with Gasteiger partial charge in [-0.25, -0.2) is 9.59 Å². The van der Waals surface area contributed by atoms with Crippen LogP contribution in [0.4, 0.5) is 4.79 Å². The van der Waals surface area contributed by atoms with E-state index in [-0.39, 0.29) is 23.2 Å². The first kappa shape index (κ1) is 18.5. The number of amides is 3. The average Bonchev–Trinajstić information content (AvgIpc) is 2.87. The first-order valence-corrected chi connectivity index (χ1v) is 8.33. The third-order valence-electron chi connectivity index (χ3n) is 5.55. The maximum absolute atomic E-state index is 13.1. The highest BCUT2D eigenvalue weighted by Crippen LogP contribution is 2.65. The van der Waals surface area contributed by atoms with E-state index in [0.717, 1.165) is 0 Å². The summed E-state index contributed by atoms with van der Waals surface area (Å²) in [5.41, 5.74) is -0.437. The number of carbonyl (C=O) groups excluding carboxylic acids is 3. The van der Waals surface area contributed by atoms with Crippen LogP contribution < -0.4 is 10.6 Å². The van der Waals surface area contributed by atoms with Gasteiger partial charge in [0.2, 0.25) is 5.91 Å². The molecule has 7 heteroatoms. The zero-order valence-corrected chi connectivity index (χ0v) is 15.6. The van der Waals surface area contributed by atoms with E-state index < -0.39 is 23.5 Å². The largest absolute Gasteiger partial charge is 0.467 e. The number of methoxy groups -OCH3 is 1. The number of esters is 1. The Morgan fingerprint density at radius 2 is 1.83 bits per heavy atom. The maximum Gasteiger partial charge on any atom is 0.328 e. The minimum atomic E-state index is -0.717. The van der Waals surface area contributed by atoms with E-state index >= 15 is 0 Å². The lowest BCUT2D eigenvalue weighted by Crippen LogP contribution is -2.59. The van der Waals surface area contributed by atoms with Crippen LogP contribution in [0, 0.1) is 22.7 Å². The molecule has 4 atom stereocenters. The van der Waals surface area contributed by atoms with E-state index in [9.17, 15) is 14.4 Å². The van der Waals surface area contributed by atoms with Crippen molar-refractivity contribution in [3.63, 3.8) is 0 Å². The molecule has 0 bridgehead atoms. The van der Waals surface area contributed by atoms with Crippen LogP contribution in [0.5, 0.6) is 0 Å². The Kier molecular flexibility index (Phi) is 4.59. The number of hydrogen-bond acceptors (Lipinski definition) is 4. The molecule has 1 aliphatic heterocycles. The van der Waals surface area contributed by atoms with Gasteiger partial charge >= 0.3 is 12.0 Å². The monoisotopic (exact) mass is 339 g/mol. The lowest BCUT2D eigenvalue weighted by atomic mass is 9.85. The van der Waals surface area contributed by atoms with Crippen LogP contribution >= 0.6 is 0 Å². The molecule has 1 saturated heterocycles. The number of ether oxygens (including phenoxy) is 1. The summed E-state index contributed by atoms with van der Waals surface area (Å²) in [5, 5.41) is 5.19. The predicted octanol–water partition coefficient (Wildman–Crippen LogP) is 0.986. The number of nitrogens with zero attached hydrogens (tertiary/aromatic N) is 1. The number of hydrogen-bond donors (Lipinski definition) is 2. The molecule has 1 aliphatic carbocycles. The molecule has 2 aliphatic rings. The van der Waals surface area contributed by atoms with Crippen LogP contribution in [0.3, 0.4) is 0 Å². The Morgan fingerprint density at radius 1 is 1.25 bits per heavy atom. The van der Waals surface area contributed by atoms with Gasteiger partial charge in [0, 0.05) is 19.5 Å². The molecule has 1 heterocycles. The number of urea groups is 1. The van der Waals surface area contributed by atoms with Crippen molar-refractivity contribution in [3.05, 3.63) is 0 Å². The van der Waals surface area contributed by atoms with E-state index in [1.54, 1.807) is 4.90 Å². The van der Waals surface area contributed by atoms with Crippen LogP contribution in [-0.2, 0) is 14.3 Å². The first-order valence-electron chi connectivity index (χ1n) is 8.33. The number of piperidine rings is 1. The van der Waals surface area contributed by atoms with Crippen molar-refractivity contribution in [2.75, 3.05) is 20.7 Å². The molecule has 0 aromatic rings. The molecule has 0 aromatic carbocycles. The highest BCUT2D eigenvalue weighted by atomic mass is 16.5. The van der Waals surface area contributed by atoms with Gasteiger partial charge < -0.3 is 20.3 Å². The molecule has 0 spiro atoms. The van der Waals surface area contributed by atoms with Crippen LogP contribution in [-0.4, -0.2) is 55.6 Å². The summed E-state index contributed by atoms with van der Waals surface area (Å²) < 4.78 is 4.94. The van der Waals surface area contributed by atoms with E-state index in [0.29, 0.717) is 12.5 Å². The highest BCUT2D eigenvalue weighted by molar-refractivity contribution is 5.92. The summed E-state index contributed by atoms with van der Waals surface area (Å²) in [5.74, 6) is -0.195. The number of likely N-dealkylation sites (tertiary alicyclic amines) is 1. The minimum Gasteiger partial charge on any atom is -0.467 e. The molecule has 2 rings (SSSR count). The van der Waals surface area contributed by atoms with E-state index in [2.05, 4.69) is 24.5 Å². The normalized spacial score (nSPS) is 28.6. The fourth-order valence-corrected chi connectivity index (χ4v) is 3.92. The Labute approximate surface area is 143 Å². The van der Waals surface area contributed by atoms with E-state index in [4.69, 9.17) is 4.74 Å². The lowest BCUT2D eigenvalue weighted by molar-refractivity contribution is -0.154. The van der Waals surface area contributed by atoms with Gasteiger partial charge in [-0.05, 0) is 16.7 Å². The highest BCUT2D eigenvalue weighted by Gasteiger charge is 2.70. The molecule has 2 fully saturated rings. The van der Waals surface area contributed by atoms with Crippen molar-refractivity contribution < 1.29 is 19.1 Å². The van der Waals surface area contributed by atoms with Crippen molar-refractivity contribution in [1.29, 1.82) is 0 Å². The summed E-state index contributed by atoms with van der Waals surface area (Å²) in [7, 11) is 2.85. The molecule has 136 valence electrons. The second kappa shape index (κ2) is 5.93. The zero-order valence-electron chi connectivity index (χ0n) is 15.6. The molecule has 2 N–H and O–H groups in total. The Morgan fingerprint density at radius 3 is 2.29 bits per heavy atom. The van der Waals surface area contributed by atoms with Gasteiger partial charge in [-0.15, -0.1) is 0 Å². The number of nitrogens with one attached hydrogen (secondary N) is 2. The molecule has 0 radical (unpaired) electrons. The maximum atomic E-state index is 13.1. The molecule has 7 nitrogen and oxygen atoms in total. The summed E-state index contributed by atoms with van der Waals surface area (Å²) in [6.07, 6.45) is 0. The molecule has 0 aromatic heterocycles. The Bertz CT molecular complexity index is 553. The predicted molar refractivity (Wildman–Crippen MR) is 89.1 cm³/mol. The molecular formula is C17H29N3O4. The van der Waals surface area contributed by atoms with Crippen molar-refractivity contribution in [3.8, 4) is 0 Å². The molecule has 0 unspecified atom stereocenters. The van der Waals surface area contributed by atoms with Gasteiger partial charge in [0.25, 0.3) is 0 Å². The zero-order chi connectivity index (χ0) is 18.4. The third kappa shape index (κ3) is 2.96. The van der Waals surface area contributed by atoms with Gasteiger partial charge in [-0.3, -0.25) is 4.79 Å². The van der Waals surface area contributed by atoms with Gasteiger partial charge in [0.15, 0.2) is 0 Å². The van der Waals surface area contributed by atoms with Gasteiger partial charge in [0.05, 0.1) is 7.11 Å². The molecule has 3 amide bonds. The van der Waals surface area contributed by atoms with Gasteiger partial charge in [0.1, 0.15) is 12.1 Å². The fraction of sp³-hybridized carbons (Fsp3) is 0.824. The summed E-state index contributed by atoms with van der Waals surface area (Å²) in [6.45, 7) is 10.4. The molecule has 1 saturated carbocycles. The number of carbonyl (C=O) groups is 3. The van der Waals surface area contributed by atoms with Crippen LogP contribution in [0.25, 0.3) is 0 Å². The van der Waals surface area contributed by atoms with Crippen molar-refractivity contribution in [2.24, 2.45) is 22.7 Å². The Balaban J connectivity index is 2.26. The topological polar surface area (TPSA) is 87.7 Å². The number of rotatable bonds is 3. The summed E-state index contributed by atoms with van der Waals surface area (Å²) in [4.78, 5) is 38.8. The fourth-order valence-electron chi connectivity index (χ4n) is 3.92. The standard InChI is InChI=1S/C17H29N3O4/c1-16(2,3)12(19-15(23)18-6)13(21)20-8-9-10(17(9,4)5)11(20)14(22)24-7/h9-12H,8H2,1-7H3,(H2,18,19,23)/t9-,10-,11-,12+/m0/s1. The van der Waals surface area contributed by atoms with Crippen LogP contribution in [0.15, 0.2) is 0 Å².